The van der Waals surface area contributed by atoms with Crippen LogP contribution in [0.25, 0.3) is 0 Å². The van der Waals surface area contributed by atoms with Crippen molar-refractivity contribution in [1.82, 2.24) is 5.32 Å². The number of nitrogens with one attached hydrogen (secondary N) is 1. The number of esters is 2. The van der Waals surface area contributed by atoms with E-state index in [1.165, 1.54) is 43.5 Å². The smallest absolute Gasteiger partial charge is 0.338 e. The maximum absolute atomic E-state index is 12.9. The zero-order valence-electron chi connectivity index (χ0n) is 15.9. The second-order valence-electron chi connectivity index (χ2n) is 6.23. The van der Waals surface area contributed by atoms with Gasteiger partial charge >= 0.3 is 11.9 Å². The van der Waals surface area contributed by atoms with Crippen molar-refractivity contribution in [3.05, 3.63) is 59.4 Å². The molecule has 2 atom stereocenters. The Bertz CT molecular complexity index is 830. The number of halogens is 2. The first-order chi connectivity index (χ1) is 13.3. The van der Waals surface area contributed by atoms with Crippen LogP contribution >= 0.6 is 12.4 Å². The number of carbonyl (C=O) groups excluding carboxylic acids is 2. The highest BCUT2D eigenvalue weighted by atomic mass is 35.5. The largest absolute Gasteiger partial charge is 0.504 e. The van der Waals surface area contributed by atoms with Crippen LogP contribution in [0, 0.1) is 5.82 Å². The molecule has 158 valence electrons. The molecular weight excluding hydrogens is 405 g/mol. The van der Waals surface area contributed by atoms with Crippen molar-refractivity contribution in [2.75, 3.05) is 13.7 Å². The Labute approximate surface area is 173 Å². The Kier molecular flexibility index (Phi) is 9.37. The molecule has 0 aliphatic heterocycles. The molecule has 0 saturated carbocycles. The zero-order valence-corrected chi connectivity index (χ0v) is 16.7. The molecule has 2 rings (SSSR count). The van der Waals surface area contributed by atoms with E-state index in [9.17, 15) is 24.2 Å². The van der Waals surface area contributed by atoms with Crippen LogP contribution in [-0.4, -0.2) is 48.0 Å². The summed E-state index contributed by atoms with van der Waals surface area (Å²) in [6.45, 7) is 1.81. The zero-order chi connectivity index (χ0) is 20.7. The molecule has 0 spiro atoms. The van der Waals surface area contributed by atoms with Gasteiger partial charge in [-0.2, -0.15) is 0 Å². The summed E-state index contributed by atoms with van der Waals surface area (Å²) in [5.74, 6) is -2.13. The molecule has 0 heterocycles. The van der Waals surface area contributed by atoms with Crippen LogP contribution in [0.5, 0.6) is 11.5 Å². The molecular formula is C20H23ClFNO6. The monoisotopic (exact) mass is 427 g/mol. The molecule has 0 amide bonds. The van der Waals surface area contributed by atoms with Crippen molar-refractivity contribution in [2.45, 2.75) is 25.5 Å². The summed E-state index contributed by atoms with van der Waals surface area (Å²) in [6, 6.07) is 8.49. The van der Waals surface area contributed by atoms with Gasteiger partial charge in [-0.3, -0.25) is 4.79 Å². The number of ether oxygens (including phenoxy) is 2. The van der Waals surface area contributed by atoms with E-state index in [4.69, 9.17) is 9.47 Å². The molecule has 0 bridgehead atoms. The van der Waals surface area contributed by atoms with Gasteiger partial charge in [0.1, 0.15) is 18.0 Å². The third kappa shape index (κ3) is 7.24. The fourth-order valence-electron chi connectivity index (χ4n) is 2.50. The summed E-state index contributed by atoms with van der Waals surface area (Å²) >= 11 is 0. The topological polar surface area (TPSA) is 105 Å². The van der Waals surface area contributed by atoms with E-state index in [0.29, 0.717) is 5.56 Å². The SMILES string of the molecule is COC(=O)[C@H](Cc1ccc(O)c(O)c1)NCC(C)OC(=O)c1ccc(F)cc1.Cl. The molecule has 7 nitrogen and oxygen atoms in total. The molecule has 0 aliphatic rings. The molecule has 0 saturated heterocycles. The lowest BCUT2D eigenvalue weighted by molar-refractivity contribution is -0.143. The lowest BCUT2D eigenvalue weighted by Gasteiger charge is -2.20. The van der Waals surface area contributed by atoms with Gasteiger partial charge in [0, 0.05) is 6.54 Å². The highest BCUT2D eigenvalue weighted by molar-refractivity contribution is 5.89. The summed E-state index contributed by atoms with van der Waals surface area (Å²) < 4.78 is 23.0. The summed E-state index contributed by atoms with van der Waals surface area (Å²) in [5, 5.41) is 21.9. The van der Waals surface area contributed by atoms with E-state index in [1.54, 1.807) is 13.0 Å². The van der Waals surface area contributed by atoms with Crippen molar-refractivity contribution in [3.63, 3.8) is 0 Å². The minimum atomic E-state index is -0.749. The number of rotatable bonds is 8. The van der Waals surface area contributed by atoms with Crippen LogP contribution in [0.2, 0.25) is 0 Å². The number of aromatic hydroxyl groups is 2. The maximum atomic E-state index is 12.9. The molecule has 0 radical (unpaired) electrons. The van der Waals surface area contributed by atoms with Gasteiger partial charge in [-0.05, 0) is 55.3 Å². The number of methoxy groups -OCH3 is 1. The Morgan fingerprint density at radius 2 is 1.76 bits per heavy atom. The van der Waals surface area contributed by atoms with Gasteiger partial charge < -0.3 is 25.0 Å². The second-order valence-corrected chi connectivity index (χ2v) is 6.23. The van der Waals surface area contributed by atoms with Crippen LogP contribution < -0.4 is 5.32 Å². The number of phenols is 2. The van der Waals surface area contributed by atoms with Gasteiger partial charge in [-0.15, -0.1) is 12.4 Å². The van der Waals surface area contributed by atoms with E-state index in [-0.39, 0.29) is 42.4 Å². The number of hydrogen-bond donors (Lipinski definition) is 3. The highest BCUT2D eigenvalue weighted by Gasteiger charge is 2.21. The average molecular weight is 428 g/mol. The van der Waals surface area contributed by atoms with E-state index >= 15 is 0 Å². The number of benzene rings is 2. The minimum absolute atomic E-state index is 0. The van der Waals surface area contributed by atoms with Crippen LogP contribution in [0.4, 0.5) is 4.39 Å². The van der Waals surface area contributed by atoms with E-state index in [0.717, 1.165) is 0 Å². The predicted octanol–water partition coefficient (Wildman–Crippen LogP) is 2.58. The third-order valence-electron chi connectivity index (χ3n) is 4.01. The molecule has 3 N–H and O–H groups in total. The Morgan fingerprint density at radius 3 is 2.34 bits per heavy atom. The van der Waals surface area contributed by atoms with Gasteiger partial charge in [-0.1, -0.05) is 6.07 Å². The van der Waals surface area contributed by atoms with Crippen molar-refractivity contribution in [1.29, 1.82) is 0 Å². The molecule has 29 heavy (non-hydrogen) atoms. The first-order valence-electron chi connectivity index (χ1n) is 8.58. The van der Waals surface area contributed by atoms with Gasteiger partial charge in [-0.25, -0.2) is 9.18 Å². The molecule has 0 aromatic heterocycles. The summed E-state index contributed by atoms with van der Waals surface area (Å²) in [5.41, 5.74) is 0.825. The van der Waals surface area contributed by atoms with Crippen LogP contribution in [0.1, 0.15) is 22.8 Å². The summed E-state index contributed by atoms with van der Waals surface area (Å²) in [4.78, 5) is 24.1. The Balaban J connectivity index is 0.00000420. The standard InChI is InChI=1S/C20H22FNO6.ClH/c1-12(28-19(25)14-4-6-15(21)7-5-14)11-22-16(20(26)27-2)9-13-3-8-17(23)18(24)10-13;/h3-8,10,12,16,22-24H,9,11H2,1-2H3;1H/t12?,16-;/m0./s1. The molecule has 1 unspecified atom stereocenters. The highest BCUT2D eigenvalue weighted by Crippen LogP contribution is 2.25. The third-order valence-corrected chi connectivity index (χ3v) is 4.01. The average Bonchev–Trinajstić information content (AvgIpc) is 2.67. The molecule has 9 heteroatoms. The van der Waals surface area contributed by atoms with Crippen molar-refractivity contribution < 1.29 is 33.7 Å². The van der Waals surface area contributed by atoms with Crippen molar-refractivity contribution >= 4 is 24.3 Å². The number of phenolic OH excluding ortho intramolecular Hbond substituents is 2. The lowest BCUT2D eigenvalue weighted by atomic mass is 10.0. The van der Waals surface area contributed by atoms with E-state index in [2.05, 4.69) is 5.32 Å². The first kappa shape index (κ1) is 24.2. The first-order valence-corrected chi connectivity index (χ1v) is 8.58. The van der Waals surface area contributed by atoms with E-state index in [1.807, 2.05) is 0 Å². The summed E-state index contributed by atoms with van der Waals surface area (Å²) in [7, 11) is 1.25. The Hall–Kier alpha value is -2.84. The van der Waals surface area contributed by atoms with Gasteiger partial charge in [0.05, 0.1) is 12.7 Å². The minimum Gasteiger partial charge on any atom is -0.504 e. The van der Waals surface area contributed by atoms with Gasteiger partial charge in [0.15, 0.2) is 11.5 Å². The molecule has 0 aliphatic carbocycles. The fourth-order valence-corrected chi connectivity index (χ4v) is 2.50. The quantitative estimate of drug-likeness (QED) is 0.439. The second kappa shape index (κ2) is 11.2. The lowest BCUT2D eigenvalue weighted by Crippen LogP contribution is -2.43. The molecule has 2 aromatic rings. The van der Waals surface area contributed by atoms with Gasteiger partial charge in [0.25, 0.3) is 0 Å². The maximum Gasteiger partial charge on any atom is 0.338 e. The molecule has 0 fully saturated rings. The van der Waals surface area contributed by atoms with Crippen molar-refractivity contribution in [2.24, 2.45) is 0 Å². The van der Waals surface area contributed by atoms with Crippen LogP contribution in [-0.2, 0) is 20.7 Å². The Morgan fingerprint density at radius 1 is 1.10 bits per heavy atom. The number of carbonyl (C=O) groups is 2. The number of hydrogen-bond acceptors (Lipinski definition) is 7. The fraction of sp³-hybridized carbons (Fsp3) is 0.300. The van der Waals surface area contributed by atoms with Crippen LogP contribution in [0.15, 0.2) is 42.5 Å². The van der Waals surface area contributed by atoms with E-state index < -0.39 is 29.9 Å². The van der Waals surface area contributed by atoms with Crippen molar-refractivity contribution in [3.8, 4) is 11.5 Å². The van der Waals surface area contributed by atoms with Gasteiger partial charge in [0.2, 0.25) is 0 Å². The summed E-state index contributed by atoms with van der Waals surface area (Å²) in [6.07, 6.45) is -0.378. The predicted molar refractivity (Wildman–Crippen MR) is 106 cm³/mol. The normalized spacial score (nSPS) is 12.4. The molecule has 2 aromatic carbocycles. The van der Waals surface area contributed by atoms with Crippen LogP contribution in [0.3, 0.4) is 0 Å².